The van der Waals surface area contributed by atoms with Gasteiger partial charge in [-0.05, 0) is 12.1 Å². The predicted octanol–water partition coefficient (Wildman–Crippen LogP) is 2.41. The molecule has 0 aromatic heterocycles. The monoisotopic (exact) mass is 337 g/mol. The van der Waals surface area contributed by atoms with Gasteiger partial charge >= 0.3 is 5.97 Å². The van der Waals surface area contributed by atoms with Crippen LogP contribution in [0.4, 0.5) is 0 Å². The first-order chi connectivity index (χ1) is 10.5. The molecule has 1 aromatic rings. The normalized spacial score (nSPS) is 20.5. The number of amides is 1. The van der Waals surface area contributed by atoms with Gasteiger partial charge in [0.15, 0.2) is 5.78 Å². The van der Waals surface area contributed by atoms with E-state index in [-0.39, 0.29) is 23.7 Å². The highest BCUT2D eigenvalue weighted by Gasteiger charge is 2.46. The summed E-state index contributed by atoms with van der Waals surface area (Å²) < 4.78 is 0. The van der Waals surface area contributed by atoms with Gasteiger partial charge in [0.1, 0.15) is 0 Å². The minimum Gasteiger partial charge on any atom is -0.481 e. The summed E-state index contributed by atoms with van der Waals surface area (Å²) in [6, 6.07) is 6.58. The van der Waals surface area contributed by atoms with Gasteiger partial charge in [0, 0.05) is 23.4 Å². The van der Waals surface area contributed by atoms with E-state index in [0.29, 0.717) is 27.9 Å². The zero-order valence-electron chi connectivity index (χ0n) is 11.4. The molecule has 0 aliphatic carbocycles. The van der Waals surface area contributed by atoms with E-state index >= 15 is 0 Å². The largest absolute Gasteiger partial charge is 0.481 e. The molecule has 1 atom stereocenters. The lowest BCUT2D eigenvalue weighted by Gasteiger charge is -2.12. The molecule has 0 radical (unpaired) electrons. The molecule has 2 heterocycles. The SMILES string of the molecule is O=C(O)C[C@@H]1C(=O)N2CCSC2=C1C(=O)c1ccccc1Cl. The molecule has 1 aromatic carbocycles. The van der Waals surface area contributed by atoms with Gasteiger partial charge in [-0.25, -0.2) is 0 Å². The number of Topliss-reactive ketones (excluding diaryl/α,β-unsaturated/α-hetero) is 1. The van der Waals surface area contributed by atoms with Crippen molar-refractivity contribution in [3.05, 3.63) is 45.5 Å². The van der Waals surface area contributed by atoms with Crippen LogP contribution in [-0.4, -0.2) is 40.0 Å². The summed E-state index contributed by atoms with van der Waals surface area (Å²) in [5.41, 5.74) is 0.562. The number of ketones is 1. The predicted molar refractivity (Wildman–Crippen MR) is 82.7 cm³/mol. The van der Waals surface area contributed by atoms with Crippen molar-refractivity contribution in [2.75, 3.05) is 12.3 Å². The number of aliphatic carboxylic acids is 1. The zero-order chi connectivity index (χ0) is 15.9. The topological polar surface area (TPSA) is 74.7 Å². The fraction of sp³-hybridized carbons (Fsp3) is 0.267. The molecule has 1 N–H and O–H groups in total. The van der Waals surface area contributed by atoms with Crippen molar-refractivity contribution < 1.29 is 19.5 Å². The Morgan fingerprint density at radius 2 is 2.09 bits per heavy atom. The first-order valence-corrected chi connectivity index (χ1v) is 8.06. The van der Waals surface area contributed by atoms with Crippen LogP contribution in [0.5, 0.6) is 0 Å². The Labute approximate surface area is 135 Å². The first-order valence-electron chi connectivity index (χ1n) is 6.70. The van der Waals surface area contributed by atoms with E-state index in [1.54, 1.807) is 24.3 Å². The number of rotatable bonds is 4. The van der Waals surface area contributed by atoms with Gasteiger partial charge in [0.2, 0.25) is 5.91 Å². The molecule has 2 aliphatic rings. The second-order valence-corrected chi connectivity index (χ2v) is 6.51. The molecule has 7 heteroatoms. The van der Waals surface area contributed by atoms with E-state index in [1.165, 1.54) is 16.7 Å². The van der Waals surface area contributed by atoms with E-state index in [9.17, 15) is 14.4 Å². The maximum Gasteiger partial charge on any atom is 0.304 e. The molecule has 0 saturated carbocycles. The third kappa shape index (κ3) is 2.42. The van der Waals surface area contributed by atoms with Gasteiger partial charge in [-0.1, -0.05) is 23.7 Å². The Bertz CT molecular complexity index is 715. The average Bonchev–Trinajstić information content (AvgIpc) is 3.02. The molecule has 114 valence electrons. The molecule has 5 nitrogen and oxygen atoms in total. The van der Waals surface area contributed by atoms with E-state index in [2.05, 4.69) is 0 Å². The number of thioether (sulfide) groups is 1. The summed E-state index contributed by atoms with van der Waals surface area (Å²) in [6.07, 6.45) is -0.384. The molecule has 0 unspecified atom stereocenters. The number of carbonyl (C=O) groups is 3. The van der Waals surface area contributed by atoms with Crippen molar-refractivity contribution in [1.29, 1.82) is 0 Å². The Morgan fingerprint density at radius 1 is 1.36 bits per heavy atom. The van der Waals surface area contributed by atoms with Crippen LogP contribution < -0.4 is 0 Å². The van der Waals surface area contributed by atoms with Gasteiger partial charge in [-0.2, -0.15) is 0 Å². The smallest absolute Gasteiger partial charge is 0.304 e. The van der Waals surface area contributed by atoms with Gasteiger partial charge in [-0.3, -0.25) is 14.4 Å². The third-order valence-corrected chi connectivity index (χ3v) is 5.11. The molecular weight excluding hydrogens is 326 g/mol. The molecular formula is C15H12ClNO4S. The Balaban J connectivity index is 2.06. The maximum atomic E-state index is 12.8. The van der Waals surface area contributed by atoms with Crippen LogP contribution in [0.1, 0.15) is 16.8 Å². The van der Waals surface area contributed by atoms with Crippen LogP contribution in [0.15, 0.2) is 34.9 Å². The summed E-state index contributed by atoms with van der Waals surface area (Å²) >= 11 is 7.48. The van der Waals surface area contributed by atoms with Crippen LogP contribution in [0.3, 0.4) is 0 Å². The van der Waals surface area contributed by atoms with Crippen molar-refractivity contribution in [2.45, 2.75) is 6.42 Å². The minimum absolute atomic E-state index is 0.267. The van der Waals surface area contributed by atoms with E-state index in [4.69, 9.17) is 16.7 Å². The van der Waals surface area contributed by atoms with E-state index < -0.39 is 11.9 Å². The van der Waals surface area contributed by atoms with Crippen LogP contribution >= 0.6 is 23.4 Å². The summed E-state index contributed by atoms with van der Waals surface area (Å²) in [5, 5.41) is 9.92. The first kappa shape index (κ1) is 15.1. The van der Waals surface area contributed by atoms with E-state index in [0.717, 1.165) is 0 Å². The number of hydrogen-bond acceptors (Lipinski definition) is 4. The van der Waals surface area contributed by atoms with Crippen molar-refractivity contribution in [3.63, 3.8) is 0 Å². The Morgan fingerprint density at radius 3 is 2.77 bits per heavy atom. The lowest BCUT2D eigenvalue weighted by molar-refractivity contribution is -0.141. The van der Waals surface area contributed by atoms with Crippen LogP contribution in [0, 0.1) is 5.92 Å². The second kappa shape index (κ2) is 5.78. The Kier molecular flexibility index (Phi) is 3.97. The molecule has 1 fully saturated rings. The van der Waals surface area contributed by atoms with E-state index in [1.807, 2.05) is 0 Å². The fourth-order valence-electron chi connectivity index (χ4n) is 2.72. The van der Waals surface area contributed by atoms with Crippen LogP contribution in [0.25, 0.3) is 0 Å². The number of carboxylic acids is 1. The molecule has 22 heavy (non-hydrogen) atoms. The summed E-state index contributed by atoms with van der Waals surface area (Å²) in [6.45, 7) is 0.508. The highest BCUT2D eigenvalue weighted by Crippen LogP contribution is 2.43. The molecule has 2 aliphatic heterocycles. The van der Waals surface area contributed by atoms with Crippen molar-refractivity contribution in [2.24, 2.45) is 5.92 Å². The van der Waals surface area contributed by atoms with Gasteiger partial charge in [0.05, 0.1) is 22.4 Å². The maximum absolute atomic E-state index is 12.8. The molecule has 1 saturated heterocycles. The summed E-state index contributed by atoms with van der Waals surface area (Å²) in [5.74, 6) is -1.99. The summed E-state index contributed by atoms with van der Waals surface area (Å²) in [7, 11) is 0. The molecule has 1 amide bonds. The zero-order valence-corrected chi connectivity index (χ0v) is 13.0. The van der Waals surface area contributed by atoms with Gasteiger partial charge < -0.3 is 10.0 Å². The minimum atomic E-state index is -1.10. The lowest BCUT2D eigenvalue weighted by atomic mass is 9.91. The van der Waals surface area contributed by atoms with Gasteiger partial charge in [0.25, 0.3) is 0 Å². The van der Waals surface area contributed by atoms with Crippen LogP contribution in [-0.2, 0) is 9.59 Å². The Hall–Kier alpha value is -1.79. The highest BCUT2D eigenvalue weighted by atomic mass is 35.5. The lowest BCUT2D eigenvalue weighted by Crippen LogP contribution is -2.29. The number of carbonyl (C=O) groups excluding carboxylic acids is 2. The number of halogens is 1. The third-order valence-electron chi connectivity index (χ3n) is 3.68. The van der Waals surface area contributed by atoms with Crippen LogP contribution in [0.2, 0.25) is 5.02 Å². The summed E-state index contributed by atoms with van der Waals surface area (Å²) in [4.78, 5) is 37.8. The number of nitrogens with zero attached hydrogens (tertiary/aromatic N) is 1. The number of benzene rings is 1. The van der Waals surface area contributed by atoms with Crippen molar-refractivity contribution in [1.82, 2.24) is 4.90 Å². The van der Waals surface area contributed by atoms with Crippen molar-refractivity contribution in [3.8, 4) is 0 Å². The highest BCUT2D eigenvalue weighted by molar-refractivity contribution is 8.03. The molecule has 0 bridgehead atoms. The van der Waals surface area contributed by atoms with Gasteiger partial charge in [-0.15, -0.1) is 11.8 Å². The fourth-order valence-corrected chi connectivity index (χ4v) is 4.13. The number of fused-ring (bicyclic) bond motifs is 1. The number of hydrogen-bond donors (Lipinski definition) is 1. The standard InChI is InChI=1S/C15H12ClNO4S/c16-10-4-2-1-3-8(10)13(20)12-9(7-11(18)19)14(21)17-5-6-22-15(12)17/h1-4,9H,5-7H2,(H,18,19)/t9-/m0/s1. The second-order valence-electron chi connectivity index (χ2n) is 5.02. The molecule has 0 spiro atoms. The number of carboxylic acid groups (broad SMARTS) is 1. The average molecular weight is 338 g/mol. The van der Waals surface area contributed by atoms with Crippen molar-refractivity contribution >= 4 is 41.0 Å². The molecule has 3 rings (SSSR count). The quantitative estimate of drug-likeness (QED) is 0.854.